The molecule has 91 heavy (non-hydrogen) atoms. The monoisotopic (exact) mass is 1380 g/mol. The number of carbonyl (C=O) groups excluding carboxylic acids is 6. The second-order valence-corrected chi connectivity index (χ2v) is 28.8. The van der Waals surface area contributed by atoms with E-state index in [9.17, 15) is 33.9 Å². The summed E-state index contributed by atoms with van der Waals surface area (Å²) in [6, 6.07) is 0. The van der Waals surface area contributed by atoms with Gasteiger partial charge >= 0.3 is 53.6 Å². The maximum atomic E-state index is 12.0. The summed E-state index contributed by atoms with van der Waals surface area (Å²) in [5, 5.41) is 27.3. The van der Waals surface area contributed by atoms with Gasteiger partial charge in [0.15, 0.2) is 0 Å². The van der Waals surface area contributed by atoms with Gasteiger partial charge in [0, 0.05) is 58.4 Å². The fourth-order valence-electron chi connectivity index (χ4n) is 9.81. The molecule has 4 atom stereocenters. The minimum Gasteiger partial charge on any atom is -1.00 e. The molecule has 4 unspecified atom stereocenters. The minimum absolute atomic E-state index is 0. The van der Waals surface area contributed by atoms with Crippen molar-refractivity contribution in [2.24, 2.45) is 35.5 Å². The molecule has 18 nitrogen and oxygen atoms in total. The van der Waals surface area contributed by atoms with E-state index in [1.165, 1.54) is 89.9 Å². The van der Waals surface area contributed by atoms with E-state index in [1.54, 1.807) is 51.3 Å². The molecule has 5 rings (SSSR count). The van der Waals surface area contributed by atoms with Crippen LogP contribution in [0.15, 0.2) is 0 Å². The third-order valence-corrected chi connectivity index (χ3v) is 14.3. The van der Waals surface area contributed by atoms with Crippen molar-refractivity contribution in [3.63, 3.8) is 0 Å². The molecule has 0 aromatic rings. The molecular weight excluding hydrogens is 1240 g/mol. The number of aldehydes is 1. The van der Waals surface area contributed by atoms with Crippen LogP contribution in [-0.2, 0) is 33.2 Å². The quantitative estimate of drug-likeness (QED) is 0.0442. The van der Waals surface area contributed by atoms with Crippen LogP contribution in [0, 0.1) is 42.9 Å². The zero-order valence-electron chi connectivity index (χ0n) is 57.8. The SMILES string of the molecule is C.C.C.C.C.CC(C)(C)OC(=O)N1CCCCC(C=O)C1.CC(C)(C)OC(=O)N1CCCCC(CO)C1.CC(C)(C)OC(=O)OC(=O)OC(C)(C)C.CC(C)C1CCCCN(C(=O)OC(C)(C)C)C1.CC(O)C1CCCCCC1.OCC1CCCCCC1.[Br-].[CH3-].[Mg+2]. The average Bonchev–Trinajstić information content (AvgIpc) is 4.02. The number of nitrogens with zero attached hydrogens (tertiary/aromatic N) is 3. The molecule has 20 heteroatoms. The van der Waals surface area contributed by atoms with Gasteiger partial charge in [0.25, 0.3) is 0 Å². The van der Waals surface area contributed by atoms with Crippen LogP contribution in [0.1, 0.15) is 297 Å². The molecule has 2 saturated carbocycles. The van der Waals surface area contributed by atoms with Gasteiger partial charge in [0.2, 0.25) is 0 Å². The normalized spacial score (nSPS) is 19.3. The molecule has 3 N–H and O–H groups in total. The number of aliphatic hydroxyl groups is 3. The molecular formula is C71H146BrMgN3O15. The first kappa shape index (κ1) is 107. The van der Waals surface area contributed by atoms with Crippen LogP contribution in [-0.4, -0.2) is 177 Å². The van der Waals surface area contributed by atoms with Crippen molar-refractivity contribution in [3.8, 4) is 0 Å². The van der Waals surface area contributed by atoms with Gasteiger partial charge < -0.3 is 87.6 Å². The molecule has 5 aliphatic rings. The van der Waals surface area contributed by atoms with Gasteiger partial charge in [-0.3, -0.25) is 0 Å². The van der Waals surface area contributed by atoms with Gasteiger partial charge in [0.05, 0.1) is 6.10 Å². The van der Waals surface area contributed by atoms with E-state index >= 15 is 0 Å². The van der Waals surface area contributed by atoms with Crippen molar-refractivity contribution < 1.29 is 89.5 Å². The Labute approximate surface area is 586 Å². The van der Waals surface area contributed by atoms with Crippen LogP contribution in [0.4, 0.5) is 24.0 Å². The first-order valence-electron chi connectivity index (χ1n) is 31.8. The molecule has 0 spiro atoms. The van der Waals surface area contributed by atoms with Crippen molar-refractivity contribution in [1.82, 2.24) is 14.7 Å². The number of carbonyl (C=O) groups is 6. The van der Waals surface area contributed by atoms with E-state index in [0.29, 0.717) is 49.9 Å². The van der Waals surface area contributed by atoms with Gasteiger partial charge in [0.1, 0.15) is 34.3 Å². The summed E-state index contributed by atoms with van der Waals surface area (Å²) in [6.07, 6.45) is 23.4. The van der Waals surface area contributed by atoms with Crippen LogP contribution in [0.2, 0.25) is 0 Å². The molecule has 3 aliphatic heterocycles. The van der Waals surface area contributed by atoms with Gasteiger partial charge in [-0.15, -0.1) is 0 Å². The van der Waals surface area contributed by atoms with Crippen molar-refractivity contribution in [2.75, 3.05) is 52.5 Å². The zero-order chi connectivity index (χ0) is 63.6. The fourth-order valence-corrected chi connectivity index (χ4v) is 9.81. The maximum absolute atomic E-state index is 12.0. The number of likely N-dealkylation sites (tertiary alicyclic amines) is 3. The predicted molar refractivity (Wildman–Crippen MR) is 374 cm³/mol. The van der Waals surface area contributed by atoms with Crippen molar-refractivity contribution in [3.05, 3.63) is 7.43 Å². The molecule has 3 saturated heterocycles. The molecule has 0 bridgehead atoms. The molecule has 544 valence electrons. The third-order valence-electron chi connectivity index (χ3n) is 14.3. The zero-order valence-corrected chi connectivity index (χ0v) is 60.8. The Kier molecular flexibility index (Phi) is 65.3. The molecule has 0 aromatic heterocycles. The van der Waals surface area contributed by atoms with E-state index in [2.05, 4.69) is 18.6 Å². The van der Waals surface area contributed by atoms with Crippen LogP contribution in [0.25, 0.3) is 0 Å². The van der Waals surface area contributed by atoms with Gasteiger partial charge in [-0.05, 0) is 205 Å². The van der Waals surface area contributed by atoms with Crippen LogP contribution < -0.4 is 17.0 Å². The molecule has 2 aliphatic carbocycles. The number of rotatable bonds is 5. The summed E-state index contributed by atoms with van der Waals surface area (Å²) >= 11 is 0. The Morgan fingerprint density at radius 1 is 0.429 bits per heavy atom. The Morgan fingerprint density at radius 3 is 1.03 bits per heavy atom. The second kappa shape index (κ2) is 55.5. The number of hydrogen-bond donors (Lipinski definition) is 3. The molecule has 3 heterocycles. The summed E-state index contributed by atoms with van der Waals surface area (Å²) in [5.74, 6) is 2.66. The number of halogens is 1. The molecule has 0 radical (unpaired) electrons. The molecule has 3 amide bonds. The van der Waals surface area contributed by atoms with Crippen LogP contribution in [0.3, 0.4) is 0 Å². The van der Waals surface area contributed by atoms with Crippen LogP contribution in [0.5, 0.6) is 0 Å². The average molecular weight is 1390 g/mol. The first-order chi connectivity index (χ1) is 38.4. The Hall–Kier alpha value is -2.65. The summed E-state index contributed by atoms with van der Waals surface area (Å²) < 4.78 is 29.9. The summed E-state index contributed by atoms with van der Waals surface area (Å²) in [7, 11) is 0. The predicted octanol–water partition coefficient (Wildman–Crippen LogP) is 15.3. The van der Waals surface area contributed by atoms with E-state index in [4.69, 9.17) is 33.9 Å². The number of aliphatic hydroxyl groups excluding tert-OH is 3. The number of amides is 3. The third kappa shape index (κ3) is 59.6. The second-order valence-electron chi connectivity index (χ2n) is 28.8. The van der Waals surface area contributed by atoms with Gasteiger partial charge in [-0.25, -0.2) is 24.0 Å². The van der Waals surface area contributed by atoms with Crippen molar-refractivity contribution in [1.29, 1.82) is 0 Å². The smallest absolute Gasteiger partial charge is 1.00 e. The van der Waals surface area contributed by atoms with E-state index in [-0.39, 0.29) is 127 Å². The van der Waals surface area contributed by atoms with E-state index in [0.717, 1.165) is 70.9 Å². The Morgan fingerprint density at radius 2 is 0.714 bits per heavy atom. The van der Waals surface area contributed by atoms with Crippen molar-refractivity contribution in [2.45, 2.75) is 331 Å². The van der Waals surface area contributed by atoms with Gasteiger partial charge in [-0.2, -0.15) is 0 Å². The number of hydrogen-bond acceptors (Lipinski definition) is 15. The summed E-state index contributed by atoms with van der Waals surface area (Å²) in [4.78, 5) is 73.8. The Balaban J connectivity index is -0.000000126. The van der Waals surface area contributed by atoms with Crippen molar-refractivity contribution >= 4 is 59.9 Å². The number of ether oxygens (including phenoxy) is 6. The standard InChI is InChI=1S/C14H27NO2.C12H23NO3.C12H21NO3.C10H18O5.C9H18O.C8H16O.5CH4.CH3.BrH.Mg/c1-11(2)12-8-6-7-9-15(10-12)13(16)17-14(3,4)5;2*1-12(2,3)16-11(15)13-7-5-4-6-10(8-13)9-14;1-9(2,3)14-7(11)13-8(12)15-10(4,5)6;1-8(10)9-6-4-2-3-5-7-9;9-7-8-5-3-1-2-4-6-8;;;;;;;;/h11-12H,6-10H2,1-5H3;10,14H,4-9H2,1-3H3;9-10H,4-8H2,1-3H3;1-6H3;8-10H,2-7H2,1H3;8-9H,1-7H2;5*1H4;1H3;1H;/q;;;;;;;;;;;-1;;+2/p-1. The van der Waals surface area contributed by atoms with Gasteiger partial charge in [-0.1, -0.05) is 122 Å². The van der Waals surface area contributed by atoms with E-state index < -0.39 is 40.3 Å². The van der Waals surface area contributed by atoms with Crippen LogP contribution >= 0.6 is 0 Å². The Bertz CT molecular complexity index is 1770. The fraction of sp³-hybridized carbons (Fsp3) is 0.901. The van der Waals surface area contributed by atoms with E-state index in [1.807, 2.05) is 74.1 Å². The largest absolute Gasteiger partial charge is 2.00 e. The summed E-state index contributed by atoms with van der Waals surface area (Å²) in [6.45, 7) is 38.1. The molecule has 0 aromatic carbocycles. The summed E-state index contributed by atoms with van der Waals surface area (Å²) in [5.41, 5.74) is -2.70. The minimum atomic E-state index is -1.06. The molecule has 5 fully saturated rings. The first-order valence-corrected chi connectivity index (χ1v) is 31.8. The topological polar surface area (TPSA) is 228 Å². The maximum Gasteiger partial charge on any atom is 2.00 e.